The van der Waals surface area contributed by atoms with Crippen LogP contribution in [0.2, 0.25) is 0 Å². The average Bonchev–Trinajstić information content (AvgIpc) is 2.68. The van der Waals surface area contributed by atoms with Crippen LogP contribution < -0.4 is 4.90 Å². The Kier molecular flexibility index (Phi) is 4.18. The van der Waals surface area contributed by atoms with Gasteiger partial charge < -0.3 is 10.0 Å². The van der Waals surface area contributed by atoms with Crippen LogP contribution in [-0.4, -0.2) is 27.9 Å². The molecular formula is C13H12F3NO3S. The maximum atomic E-state index is 12.7. The van der Waals surface area contributed by atoms with Crippen LogP contribution in [0.25, 0.3) is 0 Å². The summed E-state index contributed by atoms with van der Waals surface area (Å²) in [5, 5.41) is 9.23. The van der Waals surface area contributed by atoms with Gasteiger partial charge in [-0.3, -0.25) is 9.59 Å². The van der Waals surface area contributed by atoms with Crippen LogP contribution in [0.5, 0.6) is 5.75 Å². The number of aromatic hydroxyl groups is 1. The van der Waals surface area contributed by atoms with E-state index in [2.05, 4.69) is 0 Å². The van der Waals surface area contributed by atoms with E-state index >= 15 is 0 Å². The van der Waals surface area contributed by atoms with Crippen molar-refractivity contribution in [2.45, 2.75) is 24.8 Å². The fourth-order valence-corrected chi connectivity index (χ4v) is 3.06. The second kappa shape index (κ2) is 5.59. The van der Waals surface area contributed by atoms with E-state index in [0.717, 1.165) is 34.9 Å². The molecule has 1 heterocycles. The molecule has 1 N–H and O–H groups in total. The van der Waals surface area contributed by atoms with Crippen molar-refractivity contribution in [2.24, 2.45) is 0 Å². The van der Waals surface area contributed by atoms with E-state index < -0.39 is 23.4 Å². The molecule has 4 nitrogen and oxygen atoms in total. The number of hydrogen-bond acceptors (Lipinski definition) is 4. The number of rotatable bonds is 2. The van der Waals surface area contributed by atoms with Crippen molar-refractivity contribution in [3.05, 3.63) is 23.8 Å². The summed E-state index contributed by atoms with van der Waals surface area (Å²) < 4.78 is 38.1. The van der Waals surface area contributed by atoms with Gasteiger partial charge in [0.05, 0.1) is 11.3 Å². The maximum Gasteiger partial charge on any atom is 0.416 e. The van der Waals surface area contributed by atoms with Gasteiger partial charge in [0, 0.05) is 25.1 Å². The van der Waals surface area contributed by atoms with Gasteiger partial charge in [0.1, 0.15) is 5.75 Å². The van der Waals surface area contributed by atoms with Gasteiger partial charge in [0.25, 0.3) is 0 Å². The second-order valence-electron chi connectivity index (χ2n) is 4.64. The summed E-state index contributed by atoms with van der Waals surface area (Å²) in [6.07, 6.45) is -4.50. The number of phenolic OH excluding ortho intramolecular Hbond substituents is 1. The van der Waals surface area contributed by atoms with E-state index in [1.54, 1.807) is 0 Å². The molecule has 1 saturated heterocycles. The van der Waals surface area contributed by atoms with E-state index in [4.69, 9.17) is 0 Å². The molecule has 1 fully saturated rings. The standard InChI is InChI=1S/C13H12F3NO3S/c1-7(18)21-9-5-12(20)17(6-9)10-4-8(13(14,15)16)2-3-11(10)19/h2-4,9,19H,5-6H2,1H3. The number of carbonyl (C=O) groups is 2. The minimum absolute atomic E-state index is 0.0555. The second-order valence-corrected chi connectivity index (χ2v) is 6.12. The number of thioether (sulfide) groups is 1. The van der Waals surface area contributed by atoms with E-state index in [1.165, 1.54) is 6.92 Å². The lowest BCUT2D eigenvalue weighted by molar-refractivity contribution is -0.137. The lowest BCUT2D eigenvalue weighted by Gasteiger charge is -2.19. The summed E-state index contributed by atoms with van der Waals surface area (Å²) in [6.45, 7) is 1.46. The van der Waals surface area contributed by atoms with E-state index in [9.17, 15) is 27.9 Å². The van der Waals surface area contributed by atoms with Gasteiger partial charge >= 0.3 is 6.18 Å². The Bertz CT molecular complexity index is 589. The van der Waals surface area contributed by atoms with Crippen molar-refractivity contribution >= 4 is 28.5 Å². The van der Waals surface area contributed by atoms with E-state index in [0.29, 0.717) is 0 Å². The average molecular weight is 319 g/mol. The van der Waals surface area contributed by atoms with Crippen LogP contribution in [-0.2, 0) is 15.8 Å². The van der Waals surface area contributed by atoms with Crippen molar-refractivity contribution in [1.29, 1.82) is 0 Å². The molecule has 0 spiro atoms. The van der Waals surface area contributed by atoms with Crippen LogP contribution in [0.15, 0.2) is 18.2 Å². The molecule has 114 valence electrons. The van der Waals surface area contributed by atoms with Gasteiger partial charge in [-0.15, -0.1) is 0 Å². The van der Waals surface area contributed by atoms with Crippen LogP contribution in [0.3, 0.4) is 0 Å². The third-order valence-electron chi connectivity index (χ3n) is 3.02. The van der Waals surface area contributed by atoms with Gasteiger partial charge in [0.15, 0.2) is 5.12 Å². The number of amides is 1. The van der Waals surface area contributed by atoms with Gasteiger partial charge in [-0.1, -0.05) is 11.8 Å². The summed E-state index contributed by atoms with van der Waals surface area (Å²) in [5.41, 5.74) is -1.12. The lowest BCUT2D eigenvalue weighted by Crippen LogP contribution is -2.25. The Morgan fingerprint density at radius 2 is 2.10 bits per heavy atom. The minimum atomic E-state index is -4.56. The number of phenols is 1. The molecule has 0 bridgehead atoms. The third-order valence-corrected chi connectivity index (χ3v) is 4.00. The molecule has 1 amide bonds. The molecule has 1 atom stereocenters. The monoisotopic (exact) mass is 319 g/mol. The predicted molar refractivity (Wildman–Crippen MR) is 72.1 cm³/mol. The maximum absolute atomic E-state index is 12.7. The molecule has 1 aliphatic rings. The van der Waals surface area contributed by atoms with Crippen LogP contribution >= 0.6 is 11.8 Å². The molecule has 0 saturated carbocycles. The summed E-state index contributed by atoms with van der Waals surface area (Å²) >= 11 is 0.975. The largest absolute Gasteiger partial charge is 0.506 e. The number of carbonyl (C=O) groups excluding carboxylic acids is 2. The van der Waals surface area contributed by atoms with Crippen LogP contribution in [0.1, 0.15) is 18.9 Å². The first-order valence-electron chi connectivity index (χ1n) is 6.06. The fourth-order valence-electron chi connectivity index (χ4n) is 2.14. The first kappa shape index (κ1) is 15.7. The first-order valence-corrected chi connectivity index (χ1v) is 6.94. The number of halogens is 3. The zero-order valence-corrected chi connectivity index (χ0v) is 11.8. The van der Waals surface area contributed by atoms with Gasteiger partial charge in [0.2, 0.25) is 5.91 Å². The molecule has 0 aromatic heterocycles. The van der Waals surface area contributed by atoms with Crippen molar-refractivity contribution in [3.63, 3.8) is 0 Å². The molecule has 1 aliphatic heterocycles. The number of nitrogens with zero attached hydrogens (tertiary/aromatic N) is 1. The van der Waals surface area contributed by atoms with Gasteiger partial charge in [-0.2, -0.15) is 13.2 Å². The number of anilines is 1. The molecular weight excluding hydrogens is 307 g/mol. The number of benzene rings is 1. The molecule has 0 radical (unpaired) electrons. The van der Waals surface area contributed by atoms with Crippen LogP contribution in [0.4, 0.5) is 18.9 Å². The molecule has 0 aliphatic carbocycles. The van der Waals surface area contributed by atoms with Gasteiger partial charge in [-0.25, -0.2) is 0 Å². The van der Waals surface area contributed by atoms with Crippen molar-refractivity contribution in [1.82, 2.24) is 0 Å². The zero-order valence-electron chi connectivity index (χ0n) is 11.0. The molecule has 1 unspecified atom stereocenters. The molecule has 1 aromatic rings. The SMILES string of the molecule is CC(=O)SC1CC(=O)N(c2cc(C(F)(F)F)ccc2O)C1. The topological polar surface area (TPSA) is 57.6 Å². The number of alkyl halides is 3. The molecule has 21 heavy (non-hydrogen) atoms. The Balaban J connectivity index is 2.29. The minimum Gasteiger partial charge on any atom is -0.506 e. The number of hydrogen-bond donors (Lipinski definition) is 1. The molecule has 8 heteroatoms. The highest BCUT2D eigenvalue weighted by Gasteiger charge is 2.36. The summed E-state index contributed by atoms with van der Waals surface area (Å²) in [6, 6.07) is 2.41. The van der Waals surface area contributed by atoms with Crippen molar-refractivity contribution in [2.75, 3.05) is 11.4 Å². The summed E-state index contributed by atoms with van der Waals surface area (Å²) in [4.78, 5) is 24.0. The smallest absolute Gasteiger partial charge is 0.416 e. The summed E-state index contributed by atoms with van der Waals surface area (Å²) in [7, 11) is 0. The predicted octanol–water partition coefficient (Wildman–Crippen LogP) is 2.80. The highest BCUT2D eigenvalue weighted by Crippen LogP contribution is 2.38. The molecule has 1 aromatic carbocycles. The van der Waals surface area contributed by atoms with E-state index in [-0.39, 0.29) is 29.0 Å². The molecule has 2 rings (SSSR count). The Hall–Kier alpha value is -1.70. The quantitative estimate of drug-likeness (QED) is 0.911. The normalized spacial score (nSPS) is 19.1. The Labute approximate surface area is 122 Å². The highest BCUT2D eigenvalue weighted by molar-refractivity contribution is 8.14. The van der Waals surface area contributed by atoms with Gasteiger partial charge in [-0.05, 0) is 18.2 Å². The van der Waals surface area contributed by atoms with Crippen molar-refractivity contribution in [3.8, 4) is 5.75 Å². The fraction of sp³-hybridized carbons (Fsp3) is 0.385. The zero-order chi connectivity index (χ0) is 15.8. The highest BCUT2D eigenvalue weighted by atomic mass is 32.2. The van der Waals surface area contributed by atoms with Crippen molar-refractivity contribution < 1.29 is 27.9 Å². The summed E-state index contributed by atoms with van der Waals surface area (Å²) in [5.74, 6) is -0.812. The Morgan fingerprint density at radius 3 is 2.67 bits per heavy atom. The van der Waals surface area contributed by atoms with E-state index in [1.807, 2.05) is 0 Å². The lowest BCUT2D eigenvalue weighted by atomic mass is 10.1. The van der Waals surface area contributed by atoms with Crippen LogP contribution in [0, 0.1) is 0 Å². The first-order chi connectivity index (χ1) is 9.68. The Morgan fingerprint density at radius 1 is 1.43 bits per heavy atom. The third kappa shape index (κ3) is 3.49.